The number of alkyl halides is 6. The van der Waals surface area contributed by atoms with E-state index >= 15 is 0 Å². The van der Waals surface area contributed by atoms with Crippen LogP contribution in [0.15, 0.2) is 71.5 Å². The fourth-order valence-corrected chi connectivity index (χ4v) is 6.58. The van der Waals surface area contributed by atoms with Gasteiger partial charge in [-0.1, -0.05) is 72.0 Å². The molecule has 5 rings (SSSR count). The van der Waals surface area contributed by atoms with E-state index < -0.39 is 23.9 Å². The molecular formula is C35H36F6N4O5S. The number of fused-ring (bicyclic) bond motifs is 2. The number of nitrogens with one attached hydrogen (secondary N) is 3. The Kier molecular flexibility index (Phi) is 13.5. The molecule has 0 saturated heterocycles. The Morgan fingerprint density at radius 2 is 1.35 bits per heavy atom. The lowest BCUT2D eigenvalue weighted by molar-refractivity contribution is -0.193. The maximum Gasteiger partial charge on any atom is 0.458 e. The Morgan fingerprint density at radius 3 is 1.96 bits per heavy atom. The van der Waals surface area contributed by atoms with Gasteiger partial charge in [-0.3, -0.25) is 19.2 Å². The Balaban J connectivity index is 0.000000417. The fraction of sp³-hybridized carbons (Fsp3) is 0.371. The van der Waals surface area contributed by atoms with Gasteiger partial charge in [-0.15, -0.1) is 0 Å². The standard InChI is InChI=1S/C31H36N4O3S.C4F6O2/c36-27-11-10-23(30-29(27)34-31(38)39-30)13-16-33-18-19-35(26-20-24-8-4-5-9-25(24)21-26)28(37)14-17-32-15-12-22-6-2-1-3-7-22;5-3(6,7)1(11)2(12)4(8,9)10/h1-11,26,32-33,36H,12-21H2,(H,34,38);. The van der Waals surface area contributed by atoms with Crippen molar-refractivity contribution < 1.29 is 45.8 Å². The van der Waals surface area contributed by atoms with E-state index in [9.17, 15) is 50.6 Å². The molecule has 1 heterocycles. The summed E-state index contributed by atoms with van der Waals surface area (Å²) in [7, 11) is 0. The zero-order valence-corrected chi connectivity index (χ0v) is 28.0. The average molecular weight is 739 g/mol. The van der Waals surface area contributed by atoms with Crippen molar-refractivity contribution >= 4 is 39.0 Å². The molecule has 1 aromatic heterocycles. The summed E-state index contributed by atoms with van der Waals surface area (Å²) >= 11 is 1.13. The topological polar surface area (TPSA) is 132 Å². The van der Waals surface area contributed by atoms with Crippen LogP contribution in [0.2, 0.25) is 0 Å². The SMILES string of the molecule is O=C(C(=O)C(F)(F)F)C(F)(F)F.O=C(CCNCCc1ccccc1)N(CCNCCc1ccc(O)c2[nH]c(=O)sc12)C1Cc2ccccc2C1. The van der Waals surface area contributed by atoms with E-state index in [4.69, 9.17) is 0 Å². The highest BCUT2D eigenvalue weighted by Gasteiger charge is 2.54. The van der Waals surface area contributed by atoms with Gasteiger partial charge in [0.15, 0.2) is 0 Å². The van der Waals surface area contributed by atoms with Crippen LogP contribution < -0.4 is 15.5 Å². The van der Waals surface area contributed by atoms with Gasteiger partial charge in [0.2, 0.25) is 5.91 Å². The molecule has 0 aliphatic heterocycles. The highest BCUT2D eigenvalue weighted by molar-refractivity contribution is 7.16. The summed E-state index contributed by atoms with van der Waals surface area (Å²) in [4.78, 5) is 49.0. The third kappa shape index (κ3) is 11.2. The van der Waals surface area contributed by atoms with Crippen LogP contribution in [0.3, 0.4) is 0 Å². The molecule has 0 spiro atoms. The first-order valence-electron chi connectivity index (χ1n) is 16.0. The van der Waals surface area contributed by atoms with E-state index in [2.05, 4.69) is 69.0 Å². The Bertz CT molecular complexity index is 1810. The largest absolute Gasteiger partial charge is 0.506 e. The van der Waals surface area contributed by atoms with Gasteiger partial charge < -0.3 is 25.6 Å². The minimum Gasteiger partial charge on any atom is -0.506 e. The van der Waals surface area contributed by atoms with Crippen LogP contribution in [-0.4, -0.2) is 83.6 Å². The lowest BCUT2D eigenvalue weighted by atomic mass is 10.1. The van der Waals surface area contributed by atoms with Gasteiger partial charge in [-0.25, -0.2) is 0 Å². The molecule has 0 radical (unpaired) electrons. The van der Waals surface area contributed by atoms with Crippen LogP contribution in [0.25, 0.3) is 10.2 Å². The van der Waals surface area contributed by atoms with Crippen LogP contribution in [-0.2, 0) is 40.1 Å². The zero-order chi connectivity index (χ0) is 37.2. The molecule has 0 unspecified atom stereocenters. The van der Waals surface area contributed by atoms with Gasteiger partial charge >= 0.3 is 28.8 Å². The molecule has 4 aromatic rings. The van der Waals surface area contributed by atoms with E-state index in [-0.39, 0.29) is 22.6 Å². The summed E-state index contributed by atoms with van der Waals surface area (Å²) in [5.41, 5.74) is 5.52. The fourth-order valence-electron chi connectivity index (χ4n) is 5.68. The number of benzene rings is 3. The second-order valence-corrected chi connectivity index (χ2v) is 12.8. The van der Waals surface area contributed by atoms with Crippen molar-refractivity contribution in [1.82, 2.24) is 20.5 Å². The molecule has 0 atom stereocenters. The monoisotopic (exact) mass is 738 g/mol. The number of carbonyl (C=O) groups excluding carboxylic acids is 3. The van der Waals surface area contributed by atoms with Crippen molar-refractivity contribution in [3.8, 4) is 5.75 Å². The predicted octanol–water partition coefficient (Wildman–Crippen LogP) is 4.89. The van der Waals surface area contributed by atoms with Gasteiger partial charge in [0.1, 0.15) is 11.3 Å². The quantitative estimate of drug-likeness (QED) is 0.0824. The maximum atomic E-state index is 13.4. The Labute approximate surface area is 292 Å². The molecule has 16 heteroatoms. The number of aromatic nitrogens is 1. The number of nitrogens with zero attached hydrogens (tertiary/aromatic N) is 1. The normalized spacial score (nSPS) is 13.1. The first-order valence-corrected chi connectivity index (χ1v) is 16.8. The summed E-state index contributed by atoms with van der Waals surface area (Å²) < 4.78 is 67.8. The van der Waals surface area contributed by atoms with Crippen molar-refractivity contribution in [3.05, 3.63) is 98.7 Å². The van der Waals surface area contributed by atoms with E-state index in [1.165, 1.54) is 16.7 Å². The number of Topliss-reactive ketones (excluding diaryl/α,β-unsaturated/α-hetero) is 2. The summed E-state index contributed by atoms with van der Waals surface area (Å²) in [6, 6.07) is 22.6. The maximum absolute atomic E-state index is 13.4. The zero-order valence-electron chi connectivity index (χ0n) is 27.2. The number of amides is 1. The minimum atomic E-state index is -5.77. The summed E-state index contributed by atoms with van der Waals surface area (Å²) in [6.45, 7) is 3.61. The molecule has 3 aromatic carbocycles. The molecular weight excluding hydrogens is 702 g/mol. The van der Waals surface area contributed by atoms with Crippen molar-refractivity contribution in [2.24, 2.45) is 0 Å². The molecule has 9 nitrogen and oxygen atoms in total. The van der Waals surface area contributed by atoms with Gasteiger partial charge in [-0.2, -0.15) is 26.3 Å². The predicted molar refractivity (Wildman–Crippen MR) is 180 cm³/mol. The average Bonchev–Trinajstić information content (AvgIpc) is 3.70. The number of rotatable bonds is 14. The third-order valence-corrected chi connectivity index (χ3v) is 9.16. The van der Waals surface area contributed by atoms with Gasteiger partial charge in [0.05, 0.1) is 4.70 Å². The molecule has 51 heavy (non-hydrogen) atoms. The highest BCUT2D eigenvalue weighted by Crippen LogP contribution is 2.28. The first-order chi connectivity index (χ1) is 24.1. The summed E-state index contributed by atoms with van der Waals surface area (Å²) in [6.07, 6.45) is -7.56. The summed E-state index contributed by atoms with van der Waals surface area (Å²) in [5.74, 6) is -6.52. The molecule has 1 aliphatic carbocycles. The van der Waals surface area contributed by atoms with Crippen LogP contribution in [0.1, 0.15) is 28.7 Å². The van der Waals surface area contributed by atoms with Crippen LogP contribution in [0, 0.1) is 0 Å². The van der Waals surface area contributed by atoms with Crippen molar-refractivity contribution in [2.75, 3.05) is 32.7 Å². The second kappa shape index (κ2) is 17.6. The number of aromatic hydroxyl groups is 1. The van der Waals surface area contributed by atoms with Crippen molar-refractivity contribution in [3.63, 3.8) is 0 Å². The molecule has 0 fully saturated rings. The van der Waals surface area contributed by atoms with E-state index in [0.717, 1.165) is 60.4 Å². The highest BCUT2D eigenvalue weighted by atomic mass is 32.1. The van der Waals surface area contributed by atoms with E-state index in [1.807, 2.05) is 12.1 Å². The van der Waals surface area contributed by atoms with Gasteiger partial charge in [0, 0.05) is 32.1 Å². The Morgan fingerprint density at radius 1 is 0.784 bits per heavy atom. The smallest absolute Gasteiger partial charge is 0.458 e. The van der Waals surface area contributed by atoms with E-state index in [0.29, 0.717) is 31.6 Å². The van der Waals surface area contributed by atoms with Crippen LogP contribution >= 0.6 is 11.3 Å². The number of halogens is 6. The molecule has 274 valence electrons. The number of phenols is 1. The lowest BCUT2D eigenvalue weighted by Crippen LogP contribution is -2.45. The van der Waals surface area contributed by atoms with Crippen LogP contribution in [0.4, 0.5) is 26.3 Å². The third-order valence-electron chi connectivity index (χ3n) is 8.20. The molecule has 1 amide bonds. The molecule has 0 bridgehead atoms. The number of phenolic OH excluding ortho intramolecular Hbond substituents is 1. The molecule has 1 aliphatic rings. The molecule has 0 saturated carbocycles. The molecule has 4 N–H and O–H groups in total. The lowest BCUT2D eigenvalue weighted by Gasteiger charge is -2.29. The van der Waals surface area contributed by atoms with E-state index in [1.54, 1.807) is 6.07 Å². The summed E-state index contributed by atoms with van der Waals surface area (Å²) in [5, 5.41) is 16.9. The van der Waals surface area contributed by atoms with Crippen LogP contribution in [0.5, 0.6) is 5.75 Å². The number of hydrogen-bond donors (Lipinski definition) is 4. The first kappa shape index (κ1) is 39.2. The number of ketones is 2. The number of thiazole rings is 1. The van der Waals surface area contributed by atoms with Gasteiger partial charge in [-0.05, 0) is 67.1 Å². The number of hydrogen-bond acceptors (Lipinski definition) is 8. The number of H-pyrrole nitrogens is 1. The second-order valence-electron chi connectivity index (χ2n) is 11.8. The van der Waals surface area contributed by atoms with Gasteiger partial charge in [0.25, 0.3) is 0 Å². The number of aromatic amines is 1. The minimum absolute atomic E-state index is 0.0985. The van der Waals surface area contributed by atoms with Crippen molar-refractivity contribution in [2.45, 2.75) is 50.5 Å². The Hall–Kier alpha value is -4.54. The van der Waals surface area contributed by atoms with Crippen molar-refractivity contribution in [1.29, 1.82) is 0 Å². The number of carbonyl (C=O) groups is 3.